The Bertz CT molecular complexity index is 622. The Kier molecular flexibility index (Phi) is 5.01. The minimum Gasteiger partial charge on any atom is -0.376 e. The van der Waals surface area contributed by atoms with Crippen LogP contribution < -0.4 is 5.32 Å². The van der Waals surface area contributed by atoms with Crippen molar-refractivity contribution in [1.29, 1.82) is 0 Å². The first-order valence-corrected chi connectivity index (χ1v) is 7.74. The number of hydrogen-bond donors (Lipinski definition) is 1. The summed E-state index contributed by atoms with van der Waals surface area (Å²) in [6.45, 7) is 5.93. The first-order valence-electron chi connectivity index (χ1n) is 6.86. The van der Waals surface area contributed by atoms with Gasteiger partial charge in [0.15, 0.2) is 5.78 Å². The number of allylic oxidation sites excluding steroid dienone is 1. The van der Waals surface area contributed by atoms with Gasteiger partial charge in [-0.25, -0.2) is 0 Å². The molecular formula is C16H16F3NOS. The van der Waals surface area contributed by atoms with Gasteiger partial charge in [-0.3, -0.25) is 4.79 Å². The summed E-state index contributed by atoms with van der Waals surface area (Å²) >= 11 is 1.36. The van der Waals surface area contributed by atoms with E-state index in [-0.39, 0.29) is 11.0 Å². The van der Waals surface area contributed by atoms with Crippen molar-refractivity contribution in [2.24, 2.45) is 0 Å². The number of halogens is 3. The fraction of sp³-hybridized carbons (Fsp3) is 0.312. The molecule has 1 aromatic rings. The summed E-state index contributed by atoms with van der Waals surface area (Å²) in [7, 11) is 0. The van der Waals surface area contributed by atoms with Crippen molar-refractivity contribution in [1.82, 2.24) is 5.32 Å². The van der Waals surface area contributed by atoms with Gasteiger partial charge >= 0.3 is 6.18 Å². The van der Waals surface area contributed by atoms with Gasteiger partial charge in [0.1, 0.15) is 0 Å². The Morgan fingerprint density at radius 2 is 2.14 bits per heavy atom. The van der Waals surface area contributed by atoms with E-state index in [1.54, 1.807) is 6.08 Å². The van der Waals surface area contributed by atoms with Crippen LogP contribution in [-0.2, 0) is 11.0 Å². The molecule has 0 saturated heterocycles. The Labute approximate surface area is 131 Å². The largest absolute Gasteiger partial charge is 0.416 e. The molecule has 1 atom stereocenters. The SMILES string of the molecule is C=CCNC1=C(c2cccc(C(F)(F)F)c2)C(=O)C(CC)S1. The molecule has 0 aliphatic carbocycles. The maximum absolute atomic E-state index is 12.9. The summed E-state index contributed by atoms with van der Waals surface area (Å²) in [4.78, 5) is 12.4. The normalized spacial score (nSPS) is 18.7. The highest BCUT2D eigenvalue weighted by Gasteiger charge is 2.35. The summed E-state index contributed by atoms with van der Waals surface area (Å²) in [5, 5.41) is 3.42. The van der Waals surface area contributed by atoms with Crippen LogP contribution in [-0.4, -0.2) is 17.6 Å². The molecule has 0 radical (unpaired) electrons. The van der Waals surface area contributed by atoms with Crippen LogP contribution in [0, 0.1) is 0 Å². The fourth-order valence-corrected chi connectivity index (χ4v) is 3.39. The number of Topliss-reactive ketones (excluding diaryl/α,β-unsaturated/α-hetero) is 1. The van der Waals surface area contributed by atoms with E-state index in [0.29, 0.717) is 29.1 Å². The van der Waals surface area contributed by atoms with Crippen LogP contribution in [0.3, 0.4) is 0 Å². The van der Waals surface area contributed by atoms with E-state index in [1.807, 2.05) is 6.92 Å². The van der Waals surface area contributed by atoms with Crippen LogP contribution in [0.2, 0.25) is 0 Å². The molecule has 0 amide bonds. The van der Waals surface area contributed by atoms with Crippen LogP contribution in [0.25, 0.3) is 5.57 Å². The van der Waals surface area contributed by atoms with Crippen LogP contribution in [0.4, 0.5) is 13.2 Å². The van der Waals surface area contributed by atoms with Crippen molar-refractivity contribution < 1.29 is 18.0 Å². The Morgan fingerprint density at radius 1 is 1.41 bits per heavy atom. The fourth-order valence-electron chi connectivity index (χ4n) is 2.22. The molecule has 0 aromatic heterocycles. The first kappa shape index (κ1) is 16.7. The third-order valence-electron chi connectivity index (χ3n) is 3.28. The molecule has 118 valence electrons. The van der Waals surface area contributed by atoms with Gasteiger partial charge < -0.3 is 5.32 Å². The second-order valence-corrected chi connectivity index (χ2v) is 6.04. The van der Waals surface area contributed by atoms with Gasteiger partial charge in [0.2, 0.25) is 0 Å². The van der Waals surface area contributed by atoms with Crippen molar-refractivity contribution in [2.75, 3.05) is 6.54 Å². The van der Waals surface area contributed by atoms with Gasteiger partial charge in [-0.2, -0.15) is 13.2 Å². The highest BCUT2D eigenvalue weighted by Crippen LogP contribution is 2.41. The van der Waals surface area contributed by atoms with Crippen LogP contribution in [0.5, 0.6) is 0 Å². The van der Waals surface area contributed by atoms with Gasteiger partial charge in [-0.15, -0.1) is 6.58 Å². The van der Waals surface area contributed by atoms with Gasteiger partial charge in [0.25, 0.3) is 0 Å². The molecule has 6 heteroatoms. The zero-order valence-electron chi connectivity index (χ0n) is 12.0. The molecule has 1 heterocycles. The predicted octanol–water partition coefficient (Wildman–Crippen LogP) is 4.24. The standard InChI is InChI=1S/C16H16F3NOS/c1-3-8-20-15-13(14(21)12(4-2)22-15)10-6-5-7-11(9-10)16(17,18)19/h3,5-7,9,12,20H,1,4,8H2,2H3. The van der Waals surface area contributed by atoms with Gasteiger partial charge in [0, 0.05) is 6.54 Å². The highest BCUT2D eigenvalue weighted by atomic mass is 32.2. The zero-order valence-corrected chi connectivity index (χ0v) is 12.9. The number of rotatable bonds is 5. The van der Waals surface area contributed by atoms with E-state index in [2.05, 4.69) is 11.9 Å². The summed E-state index contributed by atoms with van der Waals surface area (Å²) in [5.74, 6) is -0.126. The topological polar surface area (TPSA) is 29.1 Å². The van der Waals surface area contributed by atoms with Crippen LogP contribution in [0.1, 0.15) is 24.5 Å². The van der Waals surface area contributed by atoms with E-state index >= 15 is 0 Å². The maximum atomic E-state index is 12.9. The monoisotopic (exact) mass is 327 g/mol. The van der Waals surface area contributed by atoms with Crippen LogP contribution in [0.15, 0.2) is 41.9 Å². The number of hydrogen-bond acceptors (Lipinski definition) is 3. The molecule has 2 nitrogen and oxygen atoms in total. The third kappa shape index (κ3) is 3.38. The predicted molar refractivity (Wildman–Crippen MR) is 83.2 cm³/mol. The quantitative estimate of drug-likeness (QED) is 0.820. The smallest absolute Gasteiger partial charge is 0.376 e. The second-order valence-electron chi connectivity index (χ2n) is 4.83. The molecule has 0 bridgehead atoms. The molecule has 1 aromatic carbocycles. The average molecular weight is 327 g/mol. The van der Waals surface area contributed by atoms with Gasteiger partial charge in [0.05, 0.1) is 21.4 Å². The molecule has 1 unspecified atom stereocenters. The van der Waals surface area contributed by atoms with E-state index in [0.717, 1.165) is 12.1 Å². The average Bonchev–Trinajstić information content (AvgIpc) is 2.80. The minimum absolute atomic E-state index is 0.126. The number of thioether (sulfide) groups is 1. The van der Waals surface area contributed by atoms with E-state index in [4.69, 9.17) is 0 Å². The summed E-state index contributed by atoms with van der Waals surface area (Å²) < 4.78 is 38.6. The lowest BCUT2D eigenvalue weighted by Crippen LogP contribution is -2.13. The Balaban J connectivity index is 2.46. The number of alkyl halides is 3. The van der Waals surface area contributed by atoms with Crippen molar-refractivity contribution >= 4 is 23.1 Å². The Morgan fingerprint density at radius 3 is 2.73 bits per heavy atom. The second kappa shape index (κ2) is 6.60. The number of benzene rings is 1. The summed E-state index contributed by atoms with van der Waals surface area (Å²) in [6.07, 6.45) is -2.16. The lowest BCUT2D eigenvalue weighted by molar-refractivity contribution is -0.137. The van der Waals surface area contributed by atoms with Crippen molar-refractivity contribution in [2.45, 2.75) is 24.8 Å². The van der Waals surface area contributed by atoms with Crippen molar-refractivity contribution in [3.8, 4) is 0 Å². The molecule has 22 heavy (non-hydrogen) atoms. The third-order valence-corrected chi connectivity index (χ3v) is 4.70. The number of ketones is 1. The zero-order chi connectivity index (χ0) is 16.3. The van der Waals surface area contributed by atoms with E-state index < -0.39 is 11.7 Å². The molecule has 0 spiro atoms. The molecule has 1 N–H and O–H groups in total. The molecule has 1 aliphatic rings. The van der Waals surface area contributed by atoms with Gasteiger partial charge in [-0.1, -0.05) is 36.9 Å². The lowest BCUT2D eigenvalue weighted by Gasteiger charge is -2.10. The molecule has 1 aliphatic heterocycles. The molecule has 2 rings (SSSR count). The molecule has 0 fully saturated rings. The summed E-state index contributed by atoms with van der Waals surface area (Å²) in [6, 6.07) is 4.90. The number of carbonyl (C=O) groups excluding carboxylic acids is 1. The molecular weight excluding hydrogens is 311 g/mol. The van der Waals surface area contributed by atoms with Crippen molar-refractivity contribution in [3.63, 3.8) is 0 Å². The van der Waals surface area contributed by atoms with Gasteiger partial charge in [-0.05, 0) is 24.1 Å². The lowest BCUT2D eigenvalue weighted by atomic mass is 9.98. The van der Waals surface area contributed by atoms with E-state index in [1.165, 1.54) is 23.9 Å². The summed E-state index contributed by atoms with van der Waals surface area (Å²) in [5.41, 5.74) is -0.113. The van der Waals surface area contributed by atoms with E-state index in [9.17, 15) is 18.0 Å². The number of carbonyl (C=O) groups is 1. The number of nitrogens with one attached hydrogen (secondary N) is 1. The first-order chi connectivity index (χ1) is 10.4. The minimum atomic E-state index is -4.43. The molecule has 0 saturated carbocycles. The van der Waals surface area contributed by atoms with Crippen LogP contribution >= 0.6 is 11.8 Å². The van der Waals surface area contributed by atoms with Crippen molar-refractivity contribution in [3.05, 3.63) is 53.1 Å². The maximum Gasteiger partial charge on any atom is 0.416 e. The highest BCUT2D eigenvalue weighted by molar-refractivity contribution is 8.05. The Hall–Kier alpha value is -1.69.